The van der Waals surface area contributed by atoms with Crippen LogP contribution in [0.2, 0.25) is 10.0 Å². The molecule has 2 N–H and O–H groups in total. The van der Waals surface area contributed by atoms with Crippen LogP contribution in [0, 0.1) is 5.92 Å². The number of thioether (sulfide) groups is 1. The molecule has 3 heterocycles. The predicted octanol–water partition coefficient (Wildman–Crippen LogP) is 5.57. The van der Waals surface area contributed by atoms with Gasteiger partial charge in [-0.3, -0.25) is 19.2 Å². The number of nitrogens with zero attached hydrogens (tertiary/aromatic N) is 1. The molecule has 2 aliphatic heterocycles. The van der Waals surface area contributed by atoms with E-state index >= 15 is 0 Å². The molecule has 3 unspecified atom stereocenters. The highest BCUT2D eigenvalue weighted by Gasteiger charge is 2.56. The average molecular weight is 643 g/mol. The zero-order chi connectivity index (χ0) is 29.5. The Hall–Kier alpha value is -3.77. The van der Waals surface area contributed by atoms with Crippen LogP contribution < -0.4 is 24.6 Å². The lowest BCUT2D eigenvalue weighted by Crippen LogP contribution is -2.32. The van der Waals surface area contributed by atoms with Crippen molar-refractivity contribution in [2.24, 2.45) is 5.92 Å². The SMILES string of the molecule is COc1ccc(N2C(=O)C3Sc4[nH]c(=O)sc4C(c4ccccc4OCC(=O)Nc4ccc(Cl)c(Cl)c4)C3C2=O)cc1. The van der Waals surface area contributed by atoms with E-state index in [9.17, 15) is 19.2 Å². The molecule has 1 aromatic heterocycles. The first-order valence-corrected chi connectivity index (χ1v) is 15.1. The third kappa shape index (κ3) is 5.17. The Labute approximate surface area is 257 Å². The van der Waals surface area contributed by atoms with Crippen LogP contribution in [-0.2, 0) is 14.4 Å². The number of para-hydroxylation sites is 1. The van der Waals surface area contributed by atoms with Crippen molar-refractivity contribution in [3.63, 3.8) is 0 Å². The van der Waals surface area contributed by atoms with Gasteiger partial charge in [0.1, 0.15) is 16.7 Å². The molecule has 0 aliphatic carbocycles. The van der Waals surface area contributed by atoms with E-state index in [2.05, 4.69) is 10.3 Å². The number of carbonyl (C=O) groups is 3. The lowest BCUT2D eigenvalue weighted by Gasteiger charge is -2.30. The molecule has 13 heteroatoms. The lowest BCUT2D eigenvalue weighted by molar-refractivity contribution is -0.122. The van der Waals surface area contributed by atoms with Crippen molar-refractivity contribution in [2.45, 2.75) is 16.2 Å². The molecule has 6 rings (SSSR count). The molecule has 0 spiro atoms. The number of ether oxygens (including phenoxy) is 2. The number of anilines is 2. The average Bonchev–Trinajstić information content (AvgIpc) is 3.48. The molecule has 0 bridgehead atoms. The lowest BCUT2D eigenvalue weighted by atomic mass is 9.82. The van der Waals surface area contributed by atoms with Gasteiger partial charge in [0, 0.05) is 22.0 Å². The van der Waals surface area contributed by atoms with Crippen LogP contribution in [-0.4, -0.2) is 41.7 Å². The van der Waals surface area contributed by atoms with Crippen molar-refractivity contribution in [3.05, 3.63) is 96.9 Å². The van der Waals surface area contributed by atoms with Crippen LogP contribution in [0.3, 0.4) is 0 Å². The summed E-state index contributed by atoms with van der Waals surface area (Å²) in [5, 5.41) is 3.14. The number of rotatable bonds is 7. The summed E-state index contributed by atoms with van der Waals surface area (Å²) >= 11 is 14.2. The van der Waals surface area contributed by atoms with E-state index in [0.29, 0.717) is 48.4 Å². The fraction of sp³-hybridized carbons (Fsp3) is 0.172. The maximum absolute atomic E-state index is 14.0. The van der Waals surface area contributed by atoms with Crippen LogP contribution in [0.15, 0.2) is 76.6 Å². The van der Waals surface area contributed by atoms with Gasteiger partial charge in [-0.05, 0) is 48.5 Å². The number of hydrogen-bond donors (Lipinski definition) is 2. The van der Waals surface area contributed by atoms with Gasteiger partial charge in [0.25, 0.3) is 5.91 Å². The van der Waals surface area contributed by atoms with Crippen molar-refractivity contribution in [3.8, 4) is 11.5 Å². The normalized spacial score (nSPS) is 19.3. The quantitative estimate of drug-likeness (QED) is 0.254. The Morgan fingerprint density at radius 3 is 2.50 bits per heavy atom. The standard InChI is InChI=1S/C29H21Cl2N3O6S2/c1-39-16-9-7-15(8-10-16)34-27(36)23-22(24-26(33-29(38)42-24)41-25(23)28(34)37)17-4-2-3-5-20(17)40-13-21(35)32-14-6-11-18(30)19(31)12-14/h2-12,22-23,25H,13H2,1H3,(H,32,35)(H,33,38). The van der Waals surface area contributed by atoms with Gasteiger partial charge in [-0.2, -0.15) is 0 Å². The monoisotopic (exact) mass is 641 g/mol. The van der Waals surface area contributed by atoms with Crippen LogP contribution in [0.4, 0.5) is 11.4 Å². The number of fused-ring (bicyclic) bond motifs is 2. The highest BCUT2D eigenvalue weighted by Crippen LogP contribution is 2.54. The maximum atomic E-state index is 14.0. The fourth-order valence-corrected chi connectivity index (χ4v) is 7.93. The number of halogens is 2. The van der Waals surface area contributed by atoms with Gasteiger partial charge in [-0.15, -0.1) is 0 Å². The summed E-state index contributed by atoms with van der Waals surface area (Å²) in [5.74, 6) is -1.72. The molecule has 3 aromatic carbocycles. The van der Waals surface area contributed by atoms with Crippen LogP contribution in [0.5, 0.6) is 11.5 Å². The van der Waals surface area contributed by atoms with Crippen LogP contribution in [0.1, 0.15) is 16.4 Å². The Balaban J connectivity index is 1.32. The summed E-state index contributed by atoms with van der Waals surface area (Å²) in [4.78, 5) is 57.2. The molecular formula is C29H21Cl2N3O6S2. The van der Waals surface area contributed by atoms with Gasteiger partial charge >= 0.3 is 4.87 Å². The van der Waals surface area contributed by atoms with Gasteiger partial charge < -0.3 is 19.8 Å². The second kappa shape index (κ2) is 11.5. The van der Waals surface area contributed by atoms with Gasteiger partial charge in [0.05, 0.1) is 33.8 Å². The number of methoxy groups -OCH3 is 1. The Morgan fingerprint density at radius 1 is 1.00 bits per heavy atom. The van der Waals surface area contributed by atoms with Crippen LogP contribution in [0.25, 0.3) is 0 Å². The summed E-state index contributed by atoms with van der Waals surface area (Å²) in [6.45, 7) is -0.339. The third-order valence-electron chi connectivity index (χ3n) is 6.97. The van der Waals surface area contributed by atoms with E-state index in [1.54, 1.807) is 60.7 Å². The second-order valence-electron chi connectivity index (χ2n) is 9.46. The van der Waals surface area contributed by atoms with E-state index in [1.807, 2.05) is 0 Å². The van der Waals surface area contributed by atoms with E-state index < -0.39 is 23.0 Å². The molecule has 1 saturated heterocycles. The van der Waals surface area contributed by atoms with Gasteiger partial charge in [-0.25, -0.2) is 4.90 Å². The summed E-state index contributed by atoms with van der Waals surface area (Å²) in [5.41, 5.74) is 1.47. The minimum atomic E-state index is -0.807. The molecule has 42 heavy (non-hydrogen) atoms. The Morgan fingerprint density at radius 2 is 1.76 bits per heavy atom. The Bertz CT molecular complexity index is 1770. The number of imide groups is 1. The highest BCUT2D eigenvalue weighted by molar-refractivity contribution is 8.00. The fourth-order valence-electron chi connectivity index (χ4n) is 5.12. The molecule has 9 nitrogen and oxygen atoms in total. The number of amides is 3. The molecule has 3 amide bonds. The maximum Gasteiger partial charge on any atom is 0.305 e. The molecule has 2 aliphatic rings. The summed E-state index contributed by atoms with van der Waals surface area (Å²) in [6.07, 6.45) is 0. The number of hydrogen-bond acceptors (Lipinski definition) is 8. The number of nitrogens with one attached hydrogen (secondary N) is 2. The molecule has 214 valence electrons. The molecule has 0 saturated carbocycles. The number of benzene rings is 3. The second-order valence-corrected chi connectivity index (χ2v) is 12.4. The molecule has 0 radical (unpaired) electrons. The van der Waals surface area contributed by atoms with Crippen molar-refractivity contribution < 1.29 is 23.9 Å². The van der Waals surface area contributed by atoms with Crippen molar-refractivity contribution in [1.82, 2.24) is 4.98 Å². The smallest absolute Gasteiger partial charge is 0.305 e. The topological polar surface area (TPSA) is 118 Å². The van der Waals surface area contributed by atoms with Gasteiger partial charge in [-0.1, -0.05) is 64.5 Å². The molecule has 4 aromatic rings. The van der Waals surface area contributed by atoms with E-state index in [0.717, 1.165) is 11.3 Å². The van der Waals surface area contributed by atoms with Gasteiger partial charge in [0.15, 0.2) is 6.61 Å². The molecule has 1 fully saturated rings. The number of H-pyrrole nitrogens is 1. The number of carbonyl (C=O) groups excluding carboxylic acids is 3. The van der Waals surface area contributed by atoms with Crippen molar-refractivity contribution in [1.29, 1.82) is 0 Å². The third-order valence-corrected chi connectivity index (χ3v) is 10.1. The Kier molecular flexibility index (Phi) is 7.75. The first-order chi connectivity index (χ1) is 20.2. The number of thiazole rings is 1. The number of aromatic nitrogens is 1. The number of aromatic amines is 1. The van der Waals surface area contributed by atoms with Gasteiger partial charge in [0.2, 0.25) is 11.8 Å². The van der Waals surface area contributed by atoms with E-state index in [4.69, 9.17) is 32.7 Å². The van der Waals surface area contributed by atoms with Crippen molar-refractivity contribution >= 4 is 75.4 Å². The summed E-state index contributed by atoms with van der Waals surface area (Å²) in [7, 11) is 1.53. The van der Waals surface area contributed by atoms with E-state index in [1.165, 1.54) is 29.8 Å². The summed E-state index contributed by atoms with van der Waals surface area (Å²) < 4.78 is 11.2. The minimum Gasteiger partial charge on any atom is -0.497 e. The zero-order valence-corrected chi connectivity index (χ0v) is 24.9. The zero-order valence-electron chi connectivity index (χ0n) is 21.8. The highest BCUT2D eigenvalue weighted by atomic mass is 35.5. The van der Waals surface area contributed by atoms with E-state index in [-0.39, 0.29) is 23.3 Å². The van der Waals surface area contributed by atoms with Crippen LogP contribution >= 0.6 is 46.3 Å². The summed E-state index contributed by atoms with van der Waals surface area (Å²) in [6, 6.07) is 18.4. The van der Waals surface area contributed by atoms with Crippen molar-refractivity contribution in [2.75, 3.05) is 23.9 Å². The minimum absolute atomic E-state index is 0.288. The molecular weight excluding hydrogens is 621 g/mol. The first-order valence-electron chi connectivity index (χ1n) is 12.6. The first kappa shape index (κ1) is 28.4. The predicted molar refractivity (Wildman–Crippen MR) is 162 cm³/mol. The largest absolute Gasteiger partial charge is 0.497 e. The molecule has 3 atom stereocenters.